The minimum Gasteiger partial charge on any atom is -0.380 e. The van der Waals surface area contributed by atoms with Gasteiger partial charge in [-0.15, -0.1) is 0 Å². The first kappa shape index (κ1) is 13.0. The normalized spacial score (nSPS) is 16.4. The van der Waals surface area contributed by atoms with Crippen LogP contribution in [0.5, 0.6) is 0 Å². The Morgan fingerprint density at radius 2 is 2.06 bits per heavy atom. The number of nitrogen functional groups attached to an aromatic ring is 1. The topological polar surface area (TPSA) is 85.1 Å². The summed E-state index contributed by atoms with van der Waals surface area (Å²) >= 11 is 0. The lowest BCUT2D eigenvalue weighted by atomic mass is 10.2. The largest absolute Gasteiger partial charge is 0.380 e. The van der Waals surface area contributed by atoms with E-state index in [1.165, 1.54) is 12.8 Å². The molecule has 1 heterocycles. The Bertz CT molecular complexity index is 419. The van der Waals surface area contributed by atoms with Crippen LogP contribution in [0.2, 0.25) is 0 Å². The maximum absolute atomic E-state index is 5.50. The molecule has 1 aliphatic carbocycles. The van der Waals surface area contributed by atoms with Gasteiger partial charge in [0.25, 0.3) is 0 Å². The van der Waals surface area contributed by atoms with E-state index in [1.54, 1.807) is 7.11 Å². The van der Waals surface area contributed by atoms with Crippen molar-refractivity contribution in [1.82, 2.24) is 9.97 Å². The van der Waals surface area contributed by atoms with Crippen LogP contribution in [-0.2, 0) is 4.74 Å². The maximum Gasteiger partial charge on any atom is 0.148 e. The minimum absolute atomic E-state index is 0.137. The van der Waals surface area contributed by atoms with Crippen molar-refractivity contribution in [3.63, 3.8) is 0 Å². The van der Waals surface area contributed by atoms with E-state index in [0.29, 0.717) is 18.3 Å². The second kappa shape index (κ2) is 5.49. The van der Waals surface area contributed by atoms with E-state index in [9.17, 15) is 0 Å². The molecule has 4 N–H and O–H groups in total. The predicted octanol–water partition coefficient (Wildman–Crippen LogP) is 1.39. The molecular weight excluding hydrogens is 230 g/mol. The second-order valence-corrected chi connectivity index (χ2v) is 4.75. The number of aromatic nitrogens is 2. The molecule has 2 rings (SSSR count). The fourth-order valence-electron chi connectivity index (χ4n) is 1.69. The molecule has 0 bridgehead atoms. The molecule has 18 heavy (non-hydrogen) atoms. The number of rotatable bonds is 6. The number of nitrogens with one attached hydrogen (secondary N) is 2. The highest BCUT2D eigenvalue weighted by Crippen LogP contribution is 2.39. The molecule has 1 aliphatic rings. The van der Waals surface area contributed by atoms with E-state index in [-0.39, 0.29) is 6.10 Å². The van der Waals surface area contributed by atoms with E-state index in [1.807, 2.05) is 13.8 Å². The average Bonchev–Trinajstić information content (AvgIpc) is 3.21. The molecule has 1 unspecified atom stereocenters. The van der Waals surface area contributed by atoms with Gasteiger partial charge in [-0.25, -0.2) is 15.8 Å². The molecule has 100 valence electrons. The molecule has 6 heteroatoms. The third kappa shape index (κ3) is 2.88. The van der Waals surface area contributed by atoms with Gasteiger partial charge in [-0.2, -0.15) is 0 Å². The third-order valence-corrected chi connectivity index (χ3v) is 3.20. The number of hydrazine groups is 1. The van der Waals surface area contributed by atoms with Crippen molar-refractivity contribution in [1.29, 1.82) is 0 Å². The molecule has 1 saturated carbocycles. The Balaban J connectivity index is 2.18. The van der Waals surface area contributed by atoms with Gasteiger partial charge >= 0.3 is 0 Å². The third-order valence-electron chi connectivity index (χ3n) is 3.20. The Morgan fingerprint density at radius 3 is 2.61 bits per heavy atom. The number of ether oxygens (including phenoxy) is 1. The van der Waals surface area contributed by atoms with Crippen LogP contribution in [0.4, 0.5) is 11.6 Å². The molecule has 0 amide bonds. The summed E-state index contributed by atoms with van der Waals surface area (Å²) in [6.45, 7) is 4.67. The zero-order valence-corrected chi connectivity index (χ0v) is 11.2. The highest BCUT2D eigenvalue weighted by atomic mass is 16.5. The number of methoxy groups -OCH3 is 1. The Hall–Kier alpha value is -1.40. The van der Waals surface area contributed by atoms with Crippen molar-refractivity contribution >= 4 is 11.6 Å². The molecule has 1 atom stereocenters. The fraction of sp³-hybridized carbons (Fsp3) is 0.667. The van der Waals surface area contributed by atoms with Gasteiger partial charge in [0, 0.05) is 25.1 Å². The van der Waals surface area contributed by atoms with Crippen LogP contribution in [0, 0.1) is 6.92 Å². The van der Waals surface area contributed by atoms with Crippen molar-refractivity contribution in [3.05, 3.63) is 11.4 Å². The Labute approximate surface area is 107 Å². The van der Waals surface area contributed by atoms with Gasteiger partial charge in [0.05, 0.1) is 6.10 Å². The van der Waals surface area contributed by atoms with Crippen LogP contribution in [0.15, 0.2) is 0 Å². The number of nitrogens with two attached hydrogens (primary N) is 1. The summed E-state index contributed by atoms with van der Waals surface area (Å²) in [6.07, 6.45) is 2.47. The highest BCUT2D eigenvalue weighted by molar-refractivity contribution is 5.57. The zero-order valence-electron chi connectivity index (χ0n) is 11.2. The van der Waals surface area contributed by atoms with Crippen LogP contribution in [0.1, 0.15) is 37.1 Å². The average molecular weight is 251 g/mol. The first-order chi connectivity index (χ1) is 8.65. The Morgan fingerprint density at radius 1 is 1.39 bits per heavy atom. The number of anilines is 2. The summed E-state index contributed by atoms with van der Waals surface area (Å²) < 4.78 is 5.21. The van der Waals surface area contributed by atoms with Gasteiger partial charge in [0.2, 0.25) is 0 Å². The first-order valence-corrected chi connectivity index (χ1v) is 6.27. The van der Waals surface area contributed by atoms with E-state index in [4.69, 9.17) is 10.6 Å². The van der Waals surface area contributed by atoms with Crippen LogP contribution in [0.25, 0.3) is 0 Å². The molecule has 0 aliphatic heterocycles. The summed E-state index contributed by atoms with van der Waals surface area (Å²) in [7, 11) is 1.70. The van der Waals surface area contributed by atoms with Crippen LogP contribution in [0.3, 0.4) is 0 Å². The van der Waals surface area contributed by atoms with Crippen LogP contribution >= 0.6 is 0 Å². The van der Waals surface area contributed by atoms with Gasteiger partial charge in [-0.05, 0) is 26.7 Å². The van der Waals surface area contributed by atoms with Crippen molar-refractivity contribution < 1.29 is 4.74 Å². The van der Waals surface area contributed by atoms with Gasteiger partial charge in [0.15, 0.2) is 0 Å². The van der Waals surface area contributed by atoms with E-state index in [2.05, 4.69) is 20.7 Å². The van der Waals surface area contributed by atoms with Crippen LogP contribution in [-0.4, -0.2) is 29.7 Å². The predicted molar refractivity (Wildman–Crippen MR) is 71.5 cm³/mol. The zero-order chi connectivity index (χ0) is 13.1. The number of hydrogen-bond acceptors (Lipinski definition) is 6. The number of nitrogens with zero attached hydrogens (tertiary/aromatic N) is 2. The van der Waals surface area contributed by atoms with Crippen molar-refractivity contribution in [2.45, 2.75) is 38.7 Å². The molecule has 6 nitrogen and oxygen atoms in total. The minimum atomic E-state index is 0.137. The molecule has 1 aromatic rings. The van der Waals surface area contributed by atoms with Gasteiger partial charge in [-0.3, -0.25) is 0 Å². The van der Waals surface area contributed by atoms with Crippen molar-refractivity contribution in [2.75, 3.05) is 24.4 Å². The summed E-state index contributed by atoms with van der Waals surface area (Å²) in [5.74, 6) is 8.40. The summed E-state index contributed by atoms with van der Waals surface area (Å²) in [5, 5.41) is 3.29. The summed E-state index contributed by atoms with van der Waals surface area (Å²) in [5.41, 5.74) is 3.57. The second-order valence-electron chi connectivity index (χ2n) is 4.75. The number of hydrogen-bond donors (Lipinski definition) is 3. The van der Waals surface area contributed by atoms with Crippen molar-refractivity contribution in [3.8, 4) is 0 Å². The smallest absolute Gasteiger partial charge is 0.148 e. The maximum atomic E-state index is 5.50. The van der Waals surface area contributed by atoms with Gasteiger partial charge in [0.1, 0.15) is 17.5 Å². The van der Waals surface area contributed by atoms with E-state index in [0.717, 1.165) is 17.2 Å². The van der Waals surface area contributed by atoms with E-state index >= 15 is 0 Å². The van der Waals surface area contributed by atoms with Crippen LogP contribution < -0.4 is 16.6 Å². The monoisotopic (exact) mass is 251 g/mol. The summed E-state index contributed by atoms with van der Waals surface area (Å²) in [4.78, 5) is 9.02. The van der Waals surface area contributed by atoms with Crippen molar-refractivity contribution in [2.24, 2.45) is 5.84 Å². The first-order valence-electron chi connectivity index (χ1n) is 6.27. The van der Waals surface area contributed by atoms with Gasteiger partial charge in [-0.1, -0.05) is 0 Å². The fourth-order valence-corrected chi connectivity index (χ4v) is 1.69. The van der Waals surface area contributed by atoms with Gasteiger partial charge < -0.3 is 15.5 Å². The molecule has 0 saturated heterocycles. The lowest BCUT2D eigenvalue weighted by molar-refractivity contribution is 0.128. The summed E-state index contributed by atoms with van der Waals surface area (Å²) in [6, 6.07) is 0. The molecule has 0 spiro atoms. The SMILES string of the molecule is COC(C)CNc1nc(C2CC2)nc(NN)c1C. The molecule has 0 radical (unpaired) electrons. The molecule has 1 fully saturated rings. The molecular formula is C12H21N5O. The Kier molecular flexibility index (Phi) is 3.98. The lowest BCUT2D eigenvalue weighted by Crippen LogP contribution is -2.21. The lowest BCUT2D eigenvalue weighted by Gasteiger charge is -2.15. The molecule has 0 aromatic carbocycles. The molecule has 1 aromatic heterocycles. The standard InChI is InChI=1S/C12H21N5O/c1-7(18-3)6-14-10-8(2)11(17-13)16-12(15-10)9-4-5-9/h7,9H,4-6,13H2,1-3H3,(H2,14,15,16,17). The highest BCUT2D eigenvalue weighted by Gasteiger charge is 2.28. The van der Waals surface area contributed by atoms with E-state index < -0.39 is 0 Å². The quantitative estimate of drug-likeness (QED) is 0.523.